The van der Waals surface area contributed by atoms with Crippen LogP contribution in [0.25, 0.3) is 0 Å². The minimum absolute atomic E-state index is 0.0938. The van der Waals surface area contributed by atoms with Crippen molar-refractivity contribution in [3.63, 3.8) is 0 Å². The van der Waals surface area contributed by atoms with Crippen LogP contribution in [0, 0.1) is 5.92 Å². The molecule has 0 saturated carbocycles. The fraction of sp³-hybridized carbons (Fsp3) is 0.500. The third-order valence-corrected chi connectivity index (χ3v) is 6.14. The smallest absolute Gasteiger partial charge is 0.305 e. The molecule has 1 aromatic rings. The number of ketones is 1. The Bertz CT molecular complexity index is 851. The van der Waals surface area contributed by atoms with Gasteiger partial charge in [0.1, 0.15) is 6.04 Å². The lowest BCUT2D eigenvalue weighted by Crippen LogP contribution is -2.47. The summed E-state index contributed by atoms with van der Waals surface area (Å²) in [5.74, 6) is -5.11. The van der Waals surface area contributed by atoms with Gasteiger partial charge in [-0.15, -0.1) is 0 Å². The average Bonchev–Trinajstić information content (AvgIpc) is 2.65. The standard InChI is InChI=1S/C20H27NO8S/c1-14(13-30(27,28)10-6-9-16-7-4-3-5-8-16)20(26)21-17(11-19(24)25)18(23)12-29-15(2)22/h3-5,7-8,14,17H,6,9-13H2,1-2H3,(H,21,26)(H,24,25). The Kier molecular flexibility index (Phi) is 10.2. The van der Waals surface area contributed by atoms with Crippen LogP contribution in [0.1, 0.15) is 32.3 Å². The quantitative estimate of drug-likeness (QED) is 0.427. The van der Waals surface area contributed by atoms with Gasteiger partial charge in [0.15, 0.2) is 22.2 Å². The Hall–Kier alpha value is -2.75. The first-order chi connectivity index (χ1) is 14.0. The lowest BCUT2D eigenvalue weighted by atomic mass is 10.1. The van der Waals surface area contributed by atoms with Crippen LogP contribution in [0.4, 0.5) is 0 Å². The minimum Gasteiger partial charge on any atom is -0.481 e. The highest BCUT2D eigenvalue weighted by molar-refractivity contribution is 7.91. The molecule has 9 nitrogen and oxygen atoms in total. The largest absolute Gasteiger partial charge is 0.481 e. The molecule has 1 rings (SSSR count). The van der Waals surface area contributed by atoms with E-state index in [9.17, 15) is 27.6 Å². The summed E-state index contributed by atoms with van der Waals surface area (Å²) in [7, 11) is -3.53. The molecule has 2 N–H and O–H groups in total. The number of carbonyl (C=O) groups is 4. The molecule has 2 unspecified atom stereocenters. The van der Waals surface area contributed by atoms with Gasteiger partial charge in [0.05, 0.1) is 17.9 Å². The summed E-state index contributed by atoms with van der Waals surface area (Å²) in [5.41, 5.74) is 1.02. The van der Waals surface area contributed by atoms with E-state index in [4.69, 9.17) is 5.11 Å². The zero-order valence-corrected chi connectivity index (χ0v) is 17.8. The van der Waals surface area contributed by atoms with Gasteiger partial charge in [-0.05, 0) is 18.4 Å². The Morgan fingerprint density at radius 1 is 1.13 bits per heavy atom. The highest BCUT2D eigenvalue weighted by atomic mass is 32.2. The molecule has 1 aromatic carbocycles. The Balaban J connectivity index is 2.60. The van der Waals surface area contributed by atoms with E-state index in [2.05, 4.69) is 10.1 Å². The number of carboxylic acids is 1. The summed E-state index contributed by atoms with van der Waals surface area (Å²) < 4.78 is 29.2. The summed E-state index contributed by atoms with van der Waals surface area (Å²) >= 11 is 0. The summed E-state index contributed by atoms with van der Waals surface area (Å²) in [6, 6.07) is 7.99. The zero-order valence-electron chi connectivity index (χ0n) is 17.0. The van der Waals surface area contributed by atoms with Crippen LogP contribution in [0.5, 0.6) is 0 Å². The molecule has 0 heterocycles. The Labute approximate surface area is 175 Å². The fourth-order valence-electron chi connectivity index (χ4n) is 2.69. The number of carboxylic acid groups (broad SMARTS) is 1. The van der Waals surface area contributed by atoms with E-state index >= 15 is 0 Å². The summed E-state index contributed by atoms with van der Waals surface area (Å²) in [5, 5.41) is 11.2. The van der Waals surface area contributed by atoms with Gasteiger partial charge in [-0.3, -0.25) is 19.2 Å². The molecule has 0 aliphatic carbocycles. The highest BCUT2D eigenvalue weighted by Crippen LogP contribution is 2.09. The zero-order chi connectivity index (χ0) is 22.7. The number of hydrogen-bond acceptors (Lipinski definition) is 7. The number of Topliss-reactive ketones (excluding diaryl/α,β-unsaturated/α-hetero) is 1. The van der Waals surface area contributed by atoms with Crippen LogP contribution in [0.3, 0.4) is 0 Å². The Morgan fingerprint density at radius 2 is 1.77 bits per heavy atom. The van der Waals surface area contributed by atoms with Crippen molar-refractivity contribution >= 4 is 33.5 Å². The maximum absolute atomic E-state index is 12.3. The number of benzene rings is 1. The van der Waals surface area contributed by atoms with E-state index in [1.54, 1.807) is 0 Å². The number of ether oxygens (including phenoxy) is 1. The molecular formula is C20H27NO8S. The second-order valence-corrected chi connectivity index (χ2v) is 9.24. The summed E-state index contributed by atoms with van der Waals surface area (Å²) in [4.78, 5) is 46.1. The molecule has 30 heavy (non-hydrogen) atoms. The maximum atomic E-state index is 12.3. The number of aryl methyl sites for hydroxylation is 1. The molecule has 166 valence electrons. The molecule has 0 bridgehead atoms. The molecule has 0 fully saturated rings. The molecule has 0 radical (unpaired) electrons. The molecular weight excluding hydrogens is 414 g/mol. The number of hydrogen-bond donors (Lipinski definition) is 2. The number of amides is 1. The lowest BCUT2D eigenvalue weighted by molar-refractivity contribution is -0.147. The summed E-state index contributed by atoms with van der Waals surface area (Å²) in [6.07, 6.45) is 0.289. The van der Waals surface area contributed by atoms with Crippen LogP contribution in [-0.2, 0) is 40.2 Å². The van der Waals surface area contributed by atoms with Crippen molar-refractivity contribution in [2.75, 3.05) is 18.1 Å². The third-order valence-electron chi connectivity index (χ3n) is 4.22. The normalized spacial score (nSPS) is 13.1. The van der Waals surface area contributed by atoms with E-state index in [-0.39, 0.29) is 5.75 Å². The molecule has 0 aliphatic rings. The van der Waals surface area contributed by atoms with Crippen LogP contribution < -0.4 is 5.32 Å². The number of rotatable bonds is 13. The molecule has 10 heteroatoms. The van der Waals surface area contributed by atoms with Crippen molar-refractivity contribution in [1.82, 2.24) is 5.32 Å². The van der Waals surface area contributed by atoms with E-state index in [1.807, 2.05) is 30.3 Å². The molecule has 2 atom stereocenters. The SMILES string of the molecule is CC(=O)OCC(=O)C(CC(=O)O)NC(=O)C(C)CS(=O)(=O)CCCc1ccccc1. The van der Waals surface area contributed by atoms with E-state index < -0.39 is 64.2 Å². The minimum atomic E-state index is -3.53. The predicted molar refractivity (Wildman–Crippen MR) is 108 cm³/mol. The number of esters is 1. The van der Waals surface area contributed by atoms with E-state index in [1.165, 1.54) is 6.92 Å². The maximum Gasteiger partial charge on any atom is 0.305 e. The molecule has 0 saturated heterocycles. The van der Waals surface area contributed by atoms with Gasteiger partial charge in [0.25, 0.3) is 0 Å². The van der Waals surface area contributed by atoms with Crippen molar-refractivity contribution in [2.45, 2.75) is 39.2 Å². The number of carbonyl (C=O) groups excluding carboxylic acids is 3. The first-order valence-electron chi connectivity index (χ1n) is 9.42. The van der Waals surface area contributed by atoms with Crippen molar-refractivity contribution in [3.05, 3.63) is 35.9 Å². The lowest BCUT2D eigenvalue weighted by Gasteiger charge is -2.19. The van der Waals surface area contributed by atoms with Crippen LogP contribution >= 0.6 is 0 Å². The van der Waals surface area contributed by atoms with E-state index in [0.717, 1.165) is 12.5 Å². The fourth-order valence-corrected chi connectivity index (χ4v) is 4.35. The number of aliphatic carboxylic acids is 1. The number of sulfone groups is 1. The second-order valence-electron chi connectivity index (χ2n) is 7.01. The van der Waals surface area contributed by atoms with Gasteiger partial charge in [0.2, 0.25) is 5.91 Å². The monoisotopic (exact) mass is 441 g/mol. The van der Waals surface area contributed by atoms with Gasteiger partial charge < -0.3 is 15.2 Å². The van der Waals surface area contributed by atoms with E-state index in [0.29, 0.717) is 12.8 Å². The molecule has 0 spiro atoms. The first-order valence-corrected chi connectivity index (χ1v) is 11.2. The van der Waals surface area contributed by atoms with Gasteiger partial charge in [0, 0.05) is 12.8 Å². The van der Waals surface area contributed by atoms with Gasteiger partial charge in [-0.2, -0.15) is 0 Å². The summed E-state index contributed by atoms with van der Waals surface area (Å²) in [6.45, 7) is 1.79. The molecule has 0 aromatic heterocycles. The molecule has 1 amide bonds. The highest BCUT2D eigenvalue weighted by Gasteiger charge is 2.28. The second kappa shape index (κ2) is 12.1. The number of nitrogens with one attached hydrogen (secondary N) is 1. The van der Waals surface area contributed by atoms with Crippen LogP contribution in [0.2, 0.25) is 0 Å². The van der Waals surface area contributed by atoms with Gasteiger partial charge >= 0.3 is 11.9 Å². The van der Waals surface area contributed by atoms with Gasteiger partial charge in [-0.1, -0.05) is 37.3 Å². The predicted octanol–water partition coefficient (Wildman–Crippen LogP) is 0.762. The van der Waals surface area contributed by atoms with Crippen molar-refractivity contribution < 1.29 is 37.4 Å². The molecule has 0 aliphatic heterocycles. The average molecular weight is 442 g/mol. The Morgan fingerprint density at radius 3 is 2.33 bits per heavy atom. The van der Waals surface area contributed by atoms with Crippen LogP contribution in [-0.4, -0.2) is 61.3 Å². The van der Waals surface area contributed by atoms with Crippen LogP contribution in [0.15, 0.2) is 30.3 Å². The third kappa shape index (κ3) is 10.1. The van der Waals surface area contributed by atoms with Gasteiger partial charge in [-0.25, -0.2) is 8.42 Å². The van der Waals surface area contributed by atoms with Crippen molar-refractivity contribution in [3.8, 4) is 0 Å². The van der Waals surface area contributed by atoms with Crippen molar-refractivity contribution in [1.29, 1.82) is 0 Å². The first kappa shape index (κ1) is 25.3. The van der Waals surface area contributed by atoms with Crippen molar-refractivity contribution in [2.24, 2.45) is 5.92 Å². The topological polar surface area (TPSA) is 144 Å².